The summed E-state index contributed by atoms with van der Waals surface area (Å²) in [5.41, 5.74) is 2.17. The van der Waals surface area contributed by atoms with Crippen molar-refractivity contribution in [2.75, 3.05) is 0 Å². The predicted octanol–water partition coefficient (Wildman–Crippen LogP) is 8.94. The molecule has 44 heavy (non-hydrogen) atoms. The summed E-state index contributed by atoms with van der Waals surface area (Å²) in [6.07, 6.45) is 9.96. The SMILES string of the molecule is CC1(C)CC[C@]2(C(=O)O)CC[C@]3(C)C(=C2C1)CCC1[C@@]2(C)CC[C@H](OC(=O)c4ccccc4C(=O)O)C(C)(C)C2CC[C@]13C. The Morgan fingerprint density at radius 1 is 0.750 bits per heavy atom. The van der Waals surface area contributed by atoms with E-state index in [-0.39, 0.29) is 44.3 Å². The third-order valence-corrected chi connectivity index (χ3v) is 14.5. The van der Waals surface area contributed by atoms with Gasteiger partial charge < -0.3 is 14.9 Å². The van der Waals surface area contributed by atoms with Crippen LogP contribution in [0.5, 0.6) is 0 Å². The third kappa shape index (κ3) is 4.21. The summed E-state index contributed by atoms with van der Waals surface area (Å²) >= 11 is 0. The number of aliphatic carboxylic acids is 1. The van der Waals surface area contributed by atoms with Crippen molar-refractivity contribution in [3.8, 4) is 0 Å². The first kappa shape index (κ1) is 31.4. The van der Waals surface area contributed by atoms with Crippen molar-refractivity contribution in [1.82, 2.24) is 0 Å². The summed E-state index contributed by atoms with van der Waals surface area (Å²) in [5, 5.41) is 20.3. The van der Waals surface area contributed by atoms with Gasteiger partial charge in [-0.05, 0) is 116 Å². The minimum atomic E-state index is -1.13. The number of ether oxygens (including phenoxy) is 1. The normalized spacial score (nSPS) is 40.5. The molecule has 6 heteroatoms. The Kier molecular flexibility index (Phi) is 7.08. The second-order valence-electron chi connectivity index (χ2n) is 17.2. The van der Waals surface area contributed by atoms with Crippen LogP contribution in [0.4, 0.5) is 0 Å². The van der Waals surface area contributed by atoms with Gasteiger partial charge in [0.05, 0.1) is 16.5 Å². The van der Waals surface area contributed by atoms with Crippen LogP contribution in [0.3, 0.4) is 0 Å². The number of rotatable bonds is 4. The molecule has 1 aromatic rings. The highest BCUT2D eigenvalue weighted by molar-refractivity contribution is 6.02. The van der Waals surface area contributed by atoms with Crippen LogP contribution in [0.2, 0.25) is 0 Å². The predicted molar refractivity (Wildman–Crippen MR) is 169 cm³/mol. The van der Waals surface area contributed by atoms with E-state index in [9.17, 15) is 24.6 Å². The third-order valence-electron chi connectivity index (χ3n) is 14.5. The Morgan fingerprint density at radius 3 is 2.07 bits per heavy atom. The second-order valence-corrected chi connectivity index (χ2v) is 17.2. The summed E-state index contributed by atoms with van der Waals surface area (Å²) in [6, 6.07) is 6.31. The van der Waals surface area contributed by atoms with Crippen LogP contribution in [0.1, 0.15) is 140 Å². The van der Waals surface area contributed by atoms with Gasteiger partial charge in [-0.25, -0.2) is 9.59 Å². The average Bonchev–Trinajstić information content (AvgIpc) is 2.94. The average molecular weight is 605 g/mol. The van der Waals surface area contributed by atoms with E-state index in [2.05, 4.69) is 48.5 Å². The van der Waals surface area contributed by atoms with Crippen LogP contribution in [0.25, 0.3) is 0 Å². The minimum absolute atomic E-state index is 0.0143. The van der Waals surface area contributed by atoms with E-state index in [0.717, 1.165) is 70.6 Å². The molecule has 2 unspecified atom stereocenters. The molecule has 0 aliphatic heterocycles. The van der Waals surface area contributed by atoms with Gasteiger partial charge >= 0.3 is 17.9 Å². The molecular weight excluding hydrogens is 552 g/mol. The maximum atomic E-state index is 13.3. The van der Waals surface area contributed by atoms with Gasteiger partial charge in [-0.3, -0.25) is 4.79 Å². The molecule has 240 valence electrons. The first-order valence-corrected chi connectivity index (χ1v) is 16.9. The molecule has 0 radical (unpaired) electrons. The lowest BCUT2D eigenvalue weighted by atomic mass is 9.34. The van der Waals surface area contributed by atoms with Gasteiger partial charge in [0.15, 0.2) is 0 Å². The fraction of sp³-hybridized carbons (Fsp3) is 0.711. The summed E-state index contributed by atoms with van der Waals surface area (Å²) in [6.45, 7) is 16.6. The molecule has 0 bridgehead atoms. The van der Waals surface area contributed by atoms with Gasteiger partial charge in [-0.2, -0.15) is 0 Å². The molecule has 0 heterocycles. The summed E-state index contributed by atoms with van der Waals surface area (Å²) in [7, 11) is 0. The summed E-state index contributed by atoms with van der Waals surface area (Å²) < 4.78 is 6.19. The standard InChI is InChI=1S/C38H52O6/c1-33(2)18-20-38(32(42)43)21-19-36(6)25(26(38)22-33)12-13-28-35(5)16-15-29(34(3,4)27(35)14-17-37(28,36)7)44-31(41)24-11-9-8-10-23(24)30(39)40/h8-11,27-29H,12-22H2,1-7H3,(H,39,40)(H,42,43)/t27?,28?,29-,35-,36+,37+,38-/m0/s1. The van der Waals surface area contributed by atoms with E-state index < -0.39 is 23.3 Å². The molecule has 0 spiro atoms. The summed E-state index contributed by atoms with van der Waals surface area (Å²) in [4.78, 5) is 38.1. The van der Waals surface area contributed by atoms with Crippen LogP contribution < -0.4 is 0 Å². The van der Waals surface area contributed by atoms with E-state index in [1.165, 1.54) is 17.2 Å². The van der Waals surface area contributed by atoms with Crippen LogP contribution >= 0.6 is 0 Å². The van der Waals surface area contributed by atoms with E-state index >= 15 is 0 Å². The number of benzene rings is 1. The zero-order valence-electron chi connectivity index (χ0n) is 27.8. The van der Waals surface area contributed by atoms with Crippen LogP contribution in [0, 0.1) is 44.3 Å². The molecule has 0 saturated heterocycles. The van der Waals surface area contributed by atoms with Gasteiger partial charge in [0.2, 0.25) is 0 Å². The van der Waals surface area contributed by atoms with E-state index in [4.69, 9.17) is 4.74 Å². The highest BCUT2D eigenvalue weighted by Crippen LogP contribution is 2.75. The molecule has 6 nitrogen and oxygen atoms in total. The molecule has 0 amide bonds. The number of aromatic carboxylic acids is 1. The van der Waals surface area contributed by atoms with E-state index in [1.807, 2.05) is 0 Å². The van der Waals surface area contributed by atoms with Crippen molar-refractivity contribution < 1.29 is 29.3 Å². The van der Waals surface area contributed by atoms with Crippen molar-refractivity contribution in [2.45, 2.75) is 125 Å². The van der Waals surface area contributed by atoms with Crippen LogP contribution in [-0.4, -0.2) is 34.2 Å². The molecule has 4 fully saturated rings. The van der Waals surface area contributed by atoms with Gasteiger partial charge in [-0.15, -0.1) is 0 Å². The molecule has 2 N–H and O–H groups in total. The monoisotopic (exact) mass is 604 g/mol. The molecule has 4 saturated carbocycles. The van der Waals surface area contributed by atoms with Gasteiger partial charge in [0, 0.05) is 5.41 Å². The van der Waals surface area contributed by atoms with Crippen LogP contribution in [-0.2, 0) is 9.53 Å². The highest BCUT2D eigenvalue weighted by Gasteiger charge is 2.68. The quantitative estimate of drug-likeness (QED) is 0.263. The number of hydrogen-bond acceptors (Lipinski definition) is 4. The zero-order chi connectivity index (χ0) is 32.1. The molecule has 0 aromatic heterocycles. The lowest BCUT2D eigenvalue weighted by Gasteiger charge is -2.71. The van der Waals surface area contributed by atoms with Crippen molar-refractivity contribution in [1.29, 1.82) is 0 Å². The molecule has 5 aliphatic rings. The van der Waals surface area contributed by atoms with Crippen LogP contribution in [0.15, 0.2) is 35.4 Å². The largest absolute Gasteiger partial charge is 0.481 e. The number of carboxylic acid groups (broad SMARTS) is 2. The molecular formula is C38H52O6. The first-order valence-electron chi connectivity index (χ1n) is 16.9. The van der Waals surface area contributed by atoms with Gasteiger partial charge in [0.25, 0.3) is 0 Å². The first-order chi connectivity index (χ1) is 20.4. The maximum absolute atomic E-state index is 13.3. The number of carbonyl (C=O) groups is 3. The molecule has 7 atom stereocenters. The number of esters is 1. The fourth-order valence-electron chi connectivity index (χ4n) is 11.8. The Balaban J connectivity index is 1.32. The number of allylic oxidation sites excluding steroid dienone is 1. The summed E-state index contributed by atoms with van der Waals surface area (Å²) in [5.74, 6) is -1.42. The van der Waals surface area contributed by atoms with Crippen molar-refractivity contribution in [3.05, 3.63) is 46.5 Å². The highest BCUT2D eigenvalue weighted by atomic mass is 16.5. The number of fused-ring (bicyclic) bond motifs is 6. The minimum Gasteiger partial charge on any atom is -0.481 e. The zero-order valence-corrected chi connectivity index (χ0v) is 27.8. The maximum Gasteiger partial charge on any atom is 0.339 e. The van der Waals surface area contributed by atoms with Crippen molar-refractivity contribution in [3.63, 3.8) is 0 Å². The molecule has 5 aliphatic carbocycles. The lowest BCUT2D eigenvalue weighted by Crippen LogP contribution is -2.64. The fourth-order valence-corrected chi connectivity index (χ4v) is 11.8. The van der Waals surface area contributed by atoms with Crippen molar-refractivity contribution >= 4 is 17.9 Å². The van der Waals surface area contributed by atoms with Gasteiger partial charge in [-0.1, -0.05) is 71.7 Å². The molecule has 1 aromatic carbocycles. The molecule has 6 rings (SSSR count). The van der Waals surface area contributed by atoms with Gasteiger partial charge in [0.1, 0.15) is 6.10 Å². The van der Waals surface area contributed by atoms with Crippen molar-refractivity contribution in [2.24, 2.45) is 44.3 Å². The second kappa shape index (κ2) is 9.93. The Hall–Kier alpha value is -2.63. The number of carbonyl (C=O) groups excluding carboxylic acids is 1. The smallest absolute Gasteiger partial charge is 0.339 e. The van der Waals surface area contributed by atoms with E-state index in [0.29, 0.717) is 11.8 Å². The topological polar surface area (TPSA) is 101 Å². The lowest BCUT2D eigenvalue weighted by molar-refractivity contribution is -0.205. The number of hydrogen-bond donors (Lipinski definition) is 2. The Labute approximate surface area is 263 Å². The Bertz CT molecular complexity index is 1440. The number of carboxylic acids is 2. The Morgan fingerprint density at radius 2 is 1.41 bits per heavy atom. The van der Waals surface area contributed by atoms with E-state index in [1.54, 1.807) is 18.2 Å².